The number of hydrogen-bond acceptors (Lipinski definition) is 4. The zero-order valence-corrected chi connectivity index (χ0v) is 11.6. The molecule has 0 radical (unpaired) electrons. The van der Waals surface area contributed by atoms with Gasteiger partial charge in [-0.3, -0.25) is 0 Å². The van der Waals surface area contributed by atoms with Gasteiger partial charge in [0.15, 0.2) is 0 Å². The fourth-order valence-electron chi connectivity index (χ4n) is 1.92. The zero-order valence-electron chi connectivity index (χ0n) is 9.93. The molecule has 1 aliphatic carbocycles. The first-order chi connectivity index (χ1) is 8.04. The minimum absolute atomic E-state index is 0.379. The van der Waals surface area contributed by atoms with Gasteiger partial charge in [0.05, 0.1) is 4.90 Å². The predicted molar refractivity (Wildman–Crippen MR) is 69.4 cm³/mol. The van der Waals surface area contributed by atoms with Crippen LogP contribution < -0.4 is 5.73 Å². The van der Waals surface area contributed by atoms with Crippen molar-refractivity contribution in [3.8, 4) is 0 Å². The van der Waals surface area contributed by atoms with Crippen molar-refractivity contribution < 1.29 is 8.42 Å². The second-order valence-electron chi connectivity index (χ2n) is 4.54. The molecule has 0 atom stereocenters. The highest BCUT2D eigenvalue weighted by Crippen LogP contribution is 2.29. The number of nitrogens with zero attached hydrogens (tertiary/aromatic N) is 1. The maximum Gasteiger partial charge on any atom is 0.243 e. The average molecular weight is 274 g/mol. The Hall–Kier alpha value is -0.430. The van der Waals surface area contributed by atoms with Gasteiger partial charge >= 0.3 is 0 Å². The summed E-state index contributed by atoms with van der Waals surface area (Å²) in [6, 6.07) is 1.68. The molecule has 0 unspecified atom stereocenters. The van der Waals surface area contributed by atoms with E-state index < -0.39 is 10.0 Å². The van der Waals surface area contributed by atoms with Crippen LogP contribution in [0.2, 0.25) is 0 Å². The molecule has 0 amide bonds. The van der Waals surface area contributed by atoms with Crippen molar-refractivity contribution >= 4 is 21.4 Å². The number of rotatable bonds is 5. The van der Waals surface area contributed by atoms with Gasteiger partial charge in [-0.15, -0.1) is 11.3 Å². The Morgan fingerprint density at radius 2 is 2.24 bits per heavy atom. The molecule has 2 rings (SSSR count). The van der Waals surface area contributed by atoms with E-state index >= 15 is 0 Å². The summed E-state index contributed by atoms with van der Waals surface area (Å²) in [4.78, 5) is 1.28. The van der Waals surface area contributed by atoms with Gasteiger partial charge in [0, 0.05) is 30.4 Å². The largest absolute Gasteiger partial charge is 0.326 e. The highest BCUT2D eigenvalue weighted by Gasteiger charge is 2.27. The normalized spacial score (nSPS) is 17.4. The summed E-state index contributed by atoms with van der Waals surface area (Å²) in [6.07, 6.45) is 3.53. The van der Waals surface area contributed by atoms with Crippen molar-refractivity contribution in [1.82, 2.24) is 4.31 Å². The first-order valence-corrected chi connectivity index (χ1v) is 8.10. The molecule has 1 saturated carbocycles. The van der Waals surface area contributed by atoms with E-state index in [0.29, 0.717) is 23.9 Å². The van der Waals surface area contributed by atoms with Gasteiger partial charge in [0.1, 0.15) is 0 Å². The third-order valence-corrected chi connectivity index (χ3v) is 6.19. The molecule has 4 nitrogen and oxygen atoms in total. The standard InChI is InChI=1S/C11H18N2O2S2/c1-13(7-9-3-2-4-9)17(14,15)11-5-10(6-12)16-8-11/h5,8-9H,2-4,6-7,12H2,1H3. The lowest BCUT2D eigenvalue weighted by molar-refractivity contribution is 0.263. The summed E-state index contributed by atoms with van der Waals surface area (Å²) in [6.45, 7) is 1.03. The molecule has 17 heavy (non-hydrogen) atoms. The molecule has 1 heterocycles. The Bertz CT molecular complexity index is 477. The van der Waals surface area contributed by atoms with Gasteiger partial charge in [-0.25, -0.2) is 12.7 Å². The molecule has 1 aliphatic rings. The van der Waals surface area contributed by atoms with Crippen LogP contribution in [0.1, 0.15) is 24.1 Å². The zero-order chi connectivity index (χ0) is 12.5. The van der Waals surface area contributed by atoms with E-state index in [1.807, 2.05) is 0 Å². The molecule has 0 saturated heterocycles. The molecule has 2 N–H and O–H groups in total. The fourth-order valence-corrected chi connectivity index (χ4v) is 4.31. The minimum Gasteiger partial charge on any atom is -0.326 e. The van der Waals surface area contributed by atoms with Crippen LogP contribution in [0.4, 0.5) is 0 Å². The predicted octanol–water partition coefficient (Wildman–Crippen LogP) is 1.63. The van der Waals surface area contributed by atoms with Crippen LogP contribution in [-0.2, 0) is 16.6 Å². The van der Waals surface area contributed by atoms with Gasteiger partial charge in [0.2, 0.25) is 10.0 Å². The Morgan fingerprint density at radius 1 is 1.53 bits per heavy atom. The first kappa shape index (κ1) is 13.0. The van der Waals surface area contributed by atoms with Gasteiger partial charge < -0.3 is 5.73 Å². The van der Waals surface area contributed by atoms with E-state index in [2.05, 4.69) is 0 Å². The quantitative estimate of drug-likeness (QED) is 0.887. The molecular formula is C11H18N2O2S2. The Labute approximate surface area is 106 Å². The Balaban J connectivity index is 2.10. The second-order valence-corrected chi connectivity index (χ2v) is 7.58. The molecule has 96 valence electrons. The van der Waals surface area contributed by atoms with Crippen LogP contribution in [0.15, 0.2) is 16.3 Å². The van der Waals surface area contributed by atoms with E-state index in [0.717, 1.165) is 17.7 Å². The molecule has 1 aromatic heterocycles. The average Bonchev–Trinajstić information content (AvgIpc) is 2.71. The number of nitrogens with two attached hydrogens (primary N) is 1. The van der Waals surface area contributed by atoms with Gasteiger partial charge in [0.25, 0.3) is 0 Å². The highest BCUT2D eigenvalue weighted by molar-refractivity contribution is 7.89. The number of hydrogen-bond donors (Lipinski definition) is 1. The third kappa shape index (κ3) is 2.70. The maximum atomic E-state index is 12.2. The van der Waals surface area contributed by atoms with Crippen molar-refractivity contribution in [1.29, 1.82) is 0 Å². The van der Waals surface area contributed by atoms with Crippen LogP contribution in [0.3, 0.4) is 0 Å². The Morgan fingerprint density at radius 3 is 2.71 bits per heavy atom. The van der Waals surface area contributed by atoms with Crippen molar-refractivity contribution in [2.45, 2.75) is 30.7 Å². The van der Waals surface area contributed by atoms with Crippen molar-refractivity contribution in [2.24, 2.45) is 11.7 Å². The van der Waals surface area contributed by atoms with E-state index in [1.54, 1.807) is 18.5 Å². The molecular weight excluding hydrogens is 256 g/mol. The fraction of sp³-hybridized carbons (Fsp3) is 0.636. The molecule has 1 aromatic rings. The Kier molecular flexibility index (Phi) is 3.87. The van der Waals surface area contributed by atoms with Gasteiger partial charge in [-0.1, -0.05) is 6.42 Å². The van der Waals surface area contributed by atoms with E-state index in [-0.39, 0.29) is 0 Å². The lowest BCUT2D eigenvalue weighted by Crippen LogP contribution is -2.34. The topological polar surface area (TPSA) is 63.4 Å². The van der Waals surface area contributed by atoms with Gasteiger partial charge in [-0.2, -0.15) is 0 Å². The third-order valence-electron chi connectivity index (χ3n) is 3.28. The lowest BCUT2D eigenvalue weighted by Gasteiger charge is -2.29. The molecule has 0 bridgehead atoms. The minimum atomic E-state index is -3.31. The van der Waals surface area contributed by atoms with Crippen molar-refractivity contribution in [2.75, 3.05) is 13.6 Å². The highest BCUT2D eigenvalue weighted by atomic mass is 32.2. The lowest BCUT2D eigenvalue weighted by atomic mass is 9.86. The van der Waals surface area contributed by atoms with Crippen LogP contribution in [0.25, 0.3) is 0 Å². The summed E-state index contributed by atoms with van der Waals surface area (Å²) >= 11 is 1.40. The molecule has 0 aliphatic heterocycles. The van der Waals surface area contributed by atoms with Crippen LogP contribution in [0.5, 0.6) is 0 Å². The van der Waals surface area contributed by atoms with Crippen molar-refractivity contribution in [3.05, 3.63) is 16.3 Å². The summed E-state index contributed by atoms with van der Waals surface area (Å²) < 4.78 is 25.9. The summed E-state index contributed by atoms with van der Waals surface area (Å²) in [7, 11) is -1.65. The van der Waals surface area contributed by atoms with E-state index in [4.69, 9.17) is 5.73 Å². The first-order valence-electron chi connectivity index (χ1n) is 5.78. The molecule has 0 aromatic carbocycles. The van der Waals surface area contributed by atoms with E-state index in [1.165, 1.54) is 22.1 Å². The summed E-state index contributed by atoms with van der Waals surface area (Å²) in [5, 5.41) is 1.68. The number of sulfonamides is 1. The van der Waals surface area contributed by atoms with Crippen LogP contribution in [-0.4, -0.2) is 26.3 Å². The van der Waals surface area contributed by atoms with Crippen LogP contribution in [0, 0.1) is 5.92 Å². The van der Waals surface area contributed by atoms with Crippen molar-refractivity contribution in [3.63, 3.8) is 0 Å². The molecule has 6 heteroatoms. The number of thiophene rings is 1. The van der Waals surface area contributed by atoms with Gasteiger partial charge in [-0.05, 0) is 24.8 Å². The molecule has 0 spiro atoms. The SMILES string of the molecule is CN(CC1CCC1)S(=O)(=O)c1csc(CN)c1. The monoisotopic (exact) mass is 274 g/mol. The van der Waals surface area contributed by atoms with Crippen LogP contribution >= 0.6 is 11.3 Å². The molecule has 1 fully saturated rings. The van der Waals surface area contributed by atoms with E-state index in [9.17, 15) is 8.42 Å². The summed E-state index contributed by atoms with van der Waals surface area (Å²) in [5.41, 5.74) is 5.50. The summed E-state index contributed by atoms with van der Waals surface area (Å²) in [5.74, 6) is 0.544. The maximum absolute atomic E-state index is 12.2. The second kappa shape index (κ2) is 5.06. The smallest absolute Gasteiger partial charge is 0.243 e.